The van der Waals surface area contributed by atoms with Gasteiger partial charge in [0.2, 0.25) is 5.78 Å². The van der Waals surface area contributed by atoms with Crippen molar-refractivity contribution < 1.29 is 4.79 Å². The number of nitrogens with one attached hydrogen (secondary N) is 1. The van der Waals surface area contributed by atoms with Gasteiger partial charge >= 0.3 is 0 Å². The number of hydrogen-bond acceptors (Lipinski definition) is 4. The summed E-state index contributed by atoms with van der Waals surface area (Å²) in [6.45, 7) is 5.34. The van der Waals surface area contributed by atoms with Crippen molar-refractivity contribution in [3.05, 3.63) is 34.7 Å². The minimum Gasteiger partial charge on any atom is -0.383 e. The van der Waals surface area contributed by atoms with Crippen molar-refractivity contribution in [2.45, 2.75) is 6.92 Å². The number of thioether (sulfide) groups is 1. The fourth-order valence-corrected chi connectivity index (χ4v) is 1.48. The zero-order chi connectivity index (χ0) is 10.6. The second kappa shape index (κ2) is 4.66. The van der Waals surface area contributed by atoms with E-state index in [0.29, 0.717) is 16.3 Å². The molecule has 1 heterocycles. The molecule has 74 valence electrons. The zero-order valence-electron chi connectivity index (χ0n) is 7.78. The van der Waals surface area contributed by atoms with E-state index in [9.17, 15) is 4.79 Å². The summed E-state index contributed by atoms with van der Waals surface area (Å²) in [5, 5.41) is 7.80. The van der Waals surface area contributed by atoms with Crippen molar-refractivity contribution >= 4 is 23.4 Å². The van der Waals surface area contributed by atoms with Crippen LogP contribution < -0.4 is 5.73 Å². The number of aromatic amines is 1. The van der Waals surface area contributed by atoms with Crippen LogP contribution in [0, 0.1) is 0 Å². The summed E-state index contributed by atoms with van der Waals surface area (Å²) in [5.74, 6) is 0.155. The fourth-order valence-electron chi connectivity index (χ4n) is 0.952. The van der Waals surface area contributed by atoms with E-state index in [1.807, 2.05) is 0 Å². The van der Waals surface area contributed by atoms with Gasteiger partial charge in [-0.15, -0.1) is 0 Å². The average Bonchev–Trinajstić information content (AvgIpc) is 2.59. The van der Waals surface area contributed by atoms with Gasteiger partial charge in [0.15, 0.2) is 0 Å². The number of H-pyrrole nitrogens is 1. The Hall–Kier alpha value is -1.49. The zero-order valence-corrected chi connectivity index (χ0v) is 8.60. The van der Waals surface area contributed by atoms with E-state index in [1.165, 1.54) is 18.0 Å². The maximum atomic E-state index is 11.8. The first-order valence-corrected chi connectivity index (χ1v) is 4.86. The second-order valence-electron chi connectivity index (χ2n) is 2.46. The van der Waals surface area contributed by atoms with Crippen molar-refractivity contribution in [1.29, 1.82) is 0 Å². The van der Waals surface area contributed by atoms with Crippen LogP contribution in [0.1, 0.15) is 17.3 Å². The molecule has 0 amide bonds. The number of aromatic nitrogens is 2. The van der Waals surface area contributed by atoms with Crippen LogP contribution in [0.15, 0.2) is 29.2 Å². The SMILES string of the molecule is C=CS/C(=C\C)C(=O)c1cn[nH]c1N. The largest absolute Gasteiger partial charge is 0.383 e. The smallest absolute Gasteiger partial charge is 0.204 e. The summed E-state index contributed by atoms with van der Waals surface area (Å²) in [5.41, 5.74) is 5.92. The molecule has 0 saturated heterocycles. The Labute approximate surface area is 86.3 Å². The Kier molecular flexibility index (Phi) is 3.53. The number of Topliss-reactive ketones (excluding diaryl/α,β-unsaturated/α-hetero) is 1. The summed E-state index contributed by atoms with van der Waals surface area (Å²) >= 11 is 1.27. The summed E-state index contributed by atoms with van der Waals surface area (Å²) in [6, 6.07) is 0. The molecule has 0 spiro atoms. The van der Waals surface area contributed by atoms with Crippen molar-refractivity contribution in [2.24, 2.45) is 0 Å². The number of nitrogens with zero attached hydrogens (tertiary/aromatic N) is 1. The second-order valence-corrected chi connectivity index (χ2v) is 3.47. The lowest BCUT2D eigenvalue weighted by Crippen LogP contribution is -2.02. The average molecular weight is 209 g/mol. The number of nitrogens with two attached hydrogens (primary N) is 1. The maximum absolute atomic E-state index is 11.8. The molecule has 1 aromatic rings. The molecule has 0 atom stereocenters. The number of ketones is 1. The molecule has 0 saturated carbocycles. The third kappa shape index (κ3) is 2.05. The molecule has 0 aliphatic heterocycles. The number of rotatable bonds is 4. The molecule has 14 heavy (non-hydrogen) atoms. The molecule has 1 aromatic heterocycles. The number of hydrogen-bond donors (Lipinski definition) is 2. The van der Waals surface area contributed by atoms with E-state index in [0.717, 1.165) is 0 Å². The third-order valence-corrected chi connectivity index (χ3v) is 2.45. The van der Waals surface area contributed by atoms with Gasteiger partial charge in [-0.25, -0.2) is 0 Å². The minimum absolute atomic E-state index is 0.136. The van der Waals surface area contributed by atoms with Gasteiger partial charge in [0.25, 0.3) is 0 Å². The Morgan fingerprint density at radius 2 is 2.50 bits per heavy atom. The van der Waals surface area contributed by atoms with Gasteiger partial charge in [-0.1, -0.05) is 24.4 Å². The topological polar surface area (TPSA) is 71.8 Å². The van der Waals surface area contributed by atoms with Crippen LogP contribution in [0.3, 0.4) is 0 Å². The number of carbonyl (C=O) groups is 1. The lowest BCUT2D eigenvalue weighted by molar-refractivity contribution is 0.104. The molecule has 0 aromatic carbocycles. The number of carbonyl (C=O) groups excluding carboxylic acids is 1. The Morgan fingerprint density at radius 1 is 1.79 bits per heavy atom. The standard InChI is InChI=1S/C9H11N3OS/c1-3-7(14-4-2)8(13)6-5-11-12-9(6)10/h3-5H,2H2,1H3,(H3,10,11,12)/b7-3-. The highest BCUT2D eigenvalue weighted by atomic mass is 32.2. The molecule has 1 rings (SSSR count). The van der Waals surface area contributed by atoms with Gasteiger partial charge < -0.3 is 5.73 Å². The number of nitrogen functional groups attached to an aromatic ring is 1. The maximum Gasteiger partial charge on any atom is 0.204 e. The summed E-state index contributed by atoms with van der Waals surface area (Å²) in [4.78, 5) is 12.4. The van der Waals surface area contributed by atoms with Crippen molar-refractivity contribution in [2.75, 3.05) is 5.73 Å². The van der Waals surface area contributed by atoms with Gasteiger partial charge in [0, 0.05) is 0 Å². The normalized spacial score (nSPS) is 11.4. The molecular weight excluding hydrogens is 198 g/mol. The molecule has 0 unspecified atom stereocenters. The number of allylic oxidation sites excluding steroid dienone is 2. The molecular formula is C9H11N3OS. The predicted molar refractivity (Wildman–Crippen MR) is 58.9 cm³/mol. The third-order valence-electron chi connectivity index (χ3n) is 1.61. The highest BCUT2D eigenvalue weighted by Crippen LogP contribution is 2.22. The van der Waals surface area contributed by atoms with Crippen LogP contribution in [0.5, 0.6) is 0 Å². The lowest BCUT2D eigenvalue weighted by Gasteiger charge is -2.00. The van der Waals surface area contributed by atoms with Crippen molar-refractivity contribution in [3.63, 3.8) is 0 Å². The molecule has 0 fully saturated rings. The van der Waals surface area contributed by atoms with Crippen LogP contribution in [0.4, 0.5) is 5.82 Å². The van der Waals surface area contributed by atoms with Crippen LogP contribution in [0.2, 0.25) is 0 Å². The van der Waals surface area contributed by atoms with E-state index in [-0.39, 0.29) is 5.78 Å². The Morgan fingerprint density at radius 3 is 2.93 bits per heavy atom. The van der Waals surface area contributed by atoms with E-state index in [2.05, 4.69) is 16.8 Å². The van der Waals surface area contributed by atoms with Crippen molar-refractivity contribution in [3.8, 4) is 0 Å². The van der Waals surface area contributed by atoms with Crippen molar-refractivity contribution in [1.82, 2.24) is 10.2 Å². The minimum atomic E-state index is -0.136. The molecule has 0 radical (unpaired) electrons. The quantitative estimate of drug-likeness (QED) is 0.587. The van der Waals surface area contributed by atoms with Gasteiger partial charge in [0.05, 0.1) is 16.7 Å². The highest BCUT2D eigenvalue weighted by Gasteiger charge is 2.15. The molecule has 0 aliphatic carbocycles. The first-order chi connectivity index (χ1) is 6.70. The molecule has 5 heteroatoms. The van der Waals surface area contributed by atoms with E-state index < -0.39 is 0 Å². The number of anilines is 1. The van der Waals surface area contributed by atoms with Gasteiger partial charge in [0.1, 0.15) is 5.82 Å². The van der Waals surface area contributed by atoms with E-state index in [4.69, 9.17) is 5.73 Å². The molecule has 4 nitrogen and oxygen atoms in total. The Bertz CT molecular complexity index is 381. The molecule has 3 N–H and O–H groups in total. The van der Waals surface area contributed by atoms with Crippen LogP contribution in [0.25, 0.3) is 0 Å². The van der Waals surface area contributed by atoms with Crippen LogP contribution >= 0.6 is 11.8 Å². The van der Waals surface area contributed by atoms with Gasteiger partial charge in [-0.2, -0.15) is 5.10 Å². The van der Waals surface area contributed by atoms with Gasteiger partial charge in [-0.05, 0) is 12.3 Å². The monoisotopic (exact) mass is 209 g/mol. The summed E-state index contributed by atoms with van der Waals surface area (Å²) < 4.78 is 0. The predicted octanol–water partition coefficient (Wildman–Crippen LogP) is 1.96. The highest BCUT2D eigenvalue weighted by molar-refractivity contribution is 8.06. The molecule has 0 aliphatic rings. The summed E-state index contributed by atoms with van der Waals surface area (Å²) in [7, 11) is 0. The lowest BCUT2D eigenvalue weighted by atomic mass is 10.2. The van der Waals surface area contributed by atoms with Gasteiger partial charge in [-0.3, -0.25) is 9.89 Å². The first kappa shape index (κ1) is 10.6. The van der Waals surface area contributed by atoms with Crippen LogP contribution in [-0.2, 0) is 0 Å². The summed E-state index contributed by atoms with van der Waals surface area (Å²) in [6.07, 6.45) is 3.14. The van der Waals surface area contributed by atoms with E-state index >= 15 is 0 Å². The Balaban J connectivity index is 2.95. The fraction of sp³-hybridized carbons (Fsp3) is 0.111. The van der Waals surface area contributed by atoms with E-state index in [1.54, 1.807) is 18.4 Å². The molecule has 0 bridgehead atoms. The van der Waals surface area contributed by atoms with Crippen LogP contribution in [-0.4, -0.2) is 16.0 Å². The first-order valence-electron chi connectivity index (χ1n) is 3.98.